The van der Waals surface area contributed by atoms with Crippen LogP contribution in [0.25, 0.3) is 0 Å². The van der Waals surface area contributed by atoms with Crippen molar-refractivity contribution in [3.63, 3.8) is 0 Å². The molecule has 0 saturated heterocycles. The van der Waals surface area contributed by atoms with E-state index in [0.717, 1.165) is 12.3 Å². The van der Waals surface area contributed by atoms with Crippen molar-refractivity contribution in [1.82, 2.24) is 0 Å². The van der Waals surface area contributed by atoms with E-state index in [4.69, 9.17) is 0 Å². The number of rotatable bonds is 0. The molecule has 1 N–H and O–H groups in total. The van der Waals surface area contributed by atoms with Gasteiger partial charge < -0.3 is 5.11 Å². The van der Waals surface area contributed by atoms with Crippen LogP contribution in [0.1, 0.15) is 38.5 Å². The summed E-state index contributed by atoms with van der Waals surface area (Å²) in [5, 5.41) is 9.52. The monoisotopic (exact) mass is 140 g/mol. The van der Waals surface area contributed by atoms with Crippen LogP contribution in [0.2, 0.25) is 0 Å². The summed E-state index contributed by atoms with van der Waals surface area (Å²) >= 11 is 0. The van der Waals surface area contributed by atoms with E-state index in [-0.39, 0.29) is 6.10 Å². The largest absolute Gasteiger partial charge is 0.393 e. The van der Waals surface area contributed by atoms with Gasteiger partial charge in [0.2, 0.25) is 0 Å². The van der Waals surface area contributed by atoms with E-state index in [1.807, 2.05) is 0 Å². The molecule has 0 spiro atoms. The van der Waals surface area contributed by atoms with Gasteiger partial charge in [-0.05, 0) is 24.7 Å². The van der Waals surface area contributed by atoms with Crippen molar-refractivity contribution in [2.75, 3.05) is 0 Å². The zero-order valence-corrected chi connectivity index (χ0v) is 6.42. The SMILES string of the molecule is O[C@@H]1CCCCC[C@@H]2C[C@@H]21. The third kappa shape index (κ3) is 1.20. The Bertz CT molecular complexity index is 122. The van der Waals surface area contributed by atoms with E-state index < -0.39 is 0 Å². The van der Waals surface area contributed by atoms with Crippen molar-refractivity contribution >= 4 is 0 Å². The first-order valence-corrected chi connectivity index (χ1v) is 4.56. The fourth-order valence-corrected chi connectivity index (χ4v) is 2.23. The van der Waals surface area contributed by atoms with Crippen LogP contribution in [0, 0.1) is 11.8 Å². The molecular formula is C9H16O. The zero-order valence-electron chi connectivity index (χ0n) is 6.42. The molecule has 2 saturated carbocycles. The number of aliphatic hydroxyl groups is 1. The maximum atomic E-state index is 9.52. The molecule has 1 heteroatoms. The van der Waals surface area contributed by atoms with E-state index in [0.29, 0.717) is 5.92 Å². The minimum atomic E-state index is 0.0605. The van der Waals surface area contributed by atoms with E-state index in [9.17, 15) is 5.11 Å². The van der Waals surface area contributed by atoms with Crippen molar-refractivity contribution in [3.8, 4) is 0 Å². The van der Waals surface area contributed by atoms with Gasteiger partial charge >= 0.3 is 0 Å². The Labute approximate surface area is 62.4 Å². The minimum Gasteiger partial charge on any atom is -0.393 e. The van der Waals surface area contributed by atoms with Crippen LogP contribution in [0.3, 0.4) is 0 Å². The predicted molar refractivity (Wildman–Crippen MR) is 40.7 cm³/mol. The van der Waals surface area contributed by atoms with Crippen LogP contribution in [-0.2, 0) is 0 Å². The summed E-state index contributed by atoms with van der Waals surface area (Å²) in [6.07, 6.45) is 7.85. The number of fused-ring (bicyclic) bond motifs is 1. The fraction of sp³-hybridized carbons (Fsp3) is 1.00. The van der Waals surface area contributed by atoms with Gasteiger partial charge in [0.25, 0.3) is 0 Å². The molecule has 58 valence electrons. The zero-order chi connectivity index (χ0) is 6.97. The van der Waals surface area contributed by atoms with Gasteiger partial charge in [-0.3, -0.25) is 0 Å². The topological polar surface area (TPSA) is 20.2 Å². The Hall–Kier alpha value is -0.0400. The summed E-state index contributed by atoms with van der Waals surface area (Å²) in [6, 6.07) is 0. The summed E-state index contributed by atoms with van der Waals surface area (Å²) in [7, 11) is 0. The van der Waals surface area contributed by atoms with Crippen molar-refractivity contribution in [3.05, 3.63) is 0 Å². The summed E-state index contributed by atoms with van der Waals surface area (Å²) in [5.41, 5.74) is 0. The molecule has 0 aromatic carbocycles. The lowest BCUT2D eigenvalue weighted by Crippen LogP contribution is -2.12. The first-order chi connectivity index (χ1) is 4.88. The molecule has 0 heterocycles. The fourth-order valence-electron chi connectivity index (χ4n) is 2.23. The van der Waals surface area contributed by atoms with Crippen LogP contribution < -0.4 is 0 Å². The lowest BCUT2D eigenvalue weighted by atomic mass is 9.99. The molecule has 2 aliphatic rings. The molecular weight excluding hydrogens is 124 g/mol. The van der Waals surface area contributed by atoms with E-state index >= 15 is 0 Å². The van der Waals surface area contributed by atoms with Crippen molar-refractivity contribution < 1.29 is 5.11 Å². The molecule has 0 radical (unpaired) electrons. The van der Waals surface area contributed by atoms with Gasteiger partial charge in [-0.25, -0.2) is 0 Å². The highest BCUT2D eigenvalue weighted by atomic mass is 16.3. The smallest absolute Gasteiger partial charge is 0.0571 e. The van der Waals surface area contributed by atoms with E-state index in [1.165, 1.54) is 32.1 Å². The Kier molecular flexibility index (Phi) is 1.69. The normalized spacial score (nSPS) is 47.1. The van der Waals surface area contributed by atoms with Gasteiger partial charge in [0.15, 0.2) is 0 Å². The first-order valence-electron chi connectivity index (χ1n) is 4.56. The van der Waals surface area contributed by atoms with Gasteiger partial charge in [-0.15, -0.1) is 0 Å². The van der Waals surface area contributed by atoms with Crippen LogP contribution in [-0.4, -0.2) is 11.2 Å². The molecule has 1 nitrogen and oxygen atoms in total. The number of hydrogen-bond acceptors (Lipinski definition) is 1. The Morgan fingerprint density at radius 3 is 2.70 bits per heavy atom. The lowest BCUT2D eigenvalue weighted by Gasteiger charge is -2.12. The van der Waals surface area contributed by atoms with Crippen molar-refractivity contribution in [2.24, 2.45) is 11.8 Å². The van der Waals surface area contributed by atoms with E-state index in [2.05, 4.69) is 0 Å². The third-order valence-corrected chi connectivity index (χ3v) is 3.05. The van der Waals surface area contributed by atoms with Gasteiger partial charge in [0.1, 0.15) is 0 Å². The quantitative estimate of drug-likeness (QED) is 0.545. The molecule has 0 aromatic rings. The number of hydrogen-bond donors (Lipinski definition) is 1. The average molecular weight is 140 g/mol. The highest BCUT2D eigenvalue weighted by Crippen LogP contribution is 2.47. The summed E-state index contributed by atoms with van der Waals surface area (Å²) in [5.74, 6) is 1.62. The second kappa shape index (κ2) is 2.54. The first kappa shape index (κ1) is 6.66. The van der Waals surface area contributed by atoms with Crippen LogP contribution in [0.4, 0.5) is 0 Å². The molecule has 0 amide bonds. The van der Waals surface area contributed by atoms with Gasteiger partial charge in [0.05, 0.1) is 6.10 Å². The molecule has 10 heavy (non-hydrogen) atoms. The van der Waals surface area contributed by atoms with Crippen molar-refractivity contribution in [2.45, 2.75) is 44.6 Å². The van der Waals surface area contributed by atoms with Gasteiger partial charge in [-0.2, -0.15) is 0 Å². The molecule has 2 rings (SSSR count). The summed E-state index contributed by atoms with van der Waals surface area (Å²) < 4.78 is 0. The maximum Gasteiger partial charge on any atom is 0.0571 e. The third-order valence-electron chi connectivity index (χ3n) is 3.05. The van der Waals surface area contributed by atoms with Crippen molar-refractivity contribution in [1.29, 1.82) is 0 Å². The molecule has 0 unspecified atom stereocenters. The highest BCUT2D eigenvalue weighted by Gasteiger charge is 2.41. The Morgan fingerprint density at radius 2 is 1.80 bits per heavy atom. The van der Waals surface area contributed by atoms with Gasteiger partial charge in [0, 0.05) is 0 Å². The Morgan fingerprint density at radius 1 is 1.00 bits per heavy atom. The highest BCUT2D eigenvalue weighted by molar-refractivity contribution is 4.92. The van der Waals surface area contributed by atoms with Gasteiger partial charge in [-0.1, -0.05) is 25.7 Å². The van der Waals surface area contributed by atoms with Crippen LogP contribution in [0.5, 0.6) is 0 Å². The summed E-state index contributed by atoms with van der Waals surface area (Å²) in [6.45, 7) is 0. The molecule has 3 atom stereocenters. The van der Waals surface area contributed by atoms with Crippen LogP contribution >= 0.6 is 0 Å². The summed E-state index contributed by atoms with van der Waals surface area (Å²) in [4.78, 5) is 0. The standard InChI is InChI=1S/C9H16O/c10-9-5-3-1-2-4-7-6-8(7)9/h7-10H,1-6H2/t7-,8+,9-/m1/s1. The predicted octanol–water partition coefficient (Wildman–Crippen LogP) is 1.95. The lowest BCUT2D eigenvalue weighted by molar-refractivity contribution is 0.126. The molecule has 0 aliphatic heterocycles. The average Bonchev–Trinajstić information content (AvgIpc) is 2.62. The van der Waals surface area contributed by atoms with E-state index in [1.54, 1.807) is 0 Å². The molecule has 0 aromatic heterocycles. The minimum absolute atomic E-state index is 0.0605. The molecule has 2 aliphatic carbocycles. The number of aliphatic hydroxyl groups excluding tert-OH is 1. The maximum absolute atomic E-state index is 9.52. The second-order valence-electron chi connectivity index (χ2n) is 3.86. The second-order valence-corrected chi connectivity index (χ2v) is 3.86. The molecule has 0 bridgehead atoms. The Balaban J connectivity index is 1.88. The molecule has 2 fully saturated rings. The van der Waals surface area contributed by atoms with Crippen LogP contribution in [0.15, 0.2) is 0 Å².